The zero-order chi connectivity index (χ0) is 13.8. The summed E-state index contributed by atoms with van der Waals surface area (Å²) in [5.41, 5.74) is 1.40. The number of pyridine rings is 1. The van der Waals surface area contributed by atoms with E-state index in [1.54, 1.807) is 0 Å². The van der Waals surface area contributed by atoms with Gasteiger partial charge in [0.25, 0.3) is 0 Å². The van der Waals surface area contributed by atoms with Gasteiger partial charge in [0.1, 0.15) is 0 Å². The van der Waals surface area contributed by atoms with Crippen molar-refractivity contribution in [3.63, 3.8) is 0 Å². The molecule has 0 saturated heterocycles. The minimum Gasteiger partial charge on any atom is -0.313 e. The monoisotopic (exact) mass is 268 g/mol. The molecule has 1 aromatic carbocycles. The van der Waals surface area contributed by atoms with Gasteiger partial charge in [0.2, 0.25) is 0 Å². The smallest absolute Gasteiger partial charge is 0.0349 e. The molecule has 2 heteroatoms. The van der Waals surface area contributed by atoms with E-state index in [-0.39, 0.29) is 0 Å². The van der Waals surface area contributed by atoms with Gasteiger partial charge in [-0.15, -0.1) is 0 Å². The van der Waals surface area contributed by atoms with Crippen molar-refractivity contribution in [3.05, 3.63) is 42.2 Å². The Morgan fingerprint density at radius 1 is 1.25 bits per heavy atom. The second-order valence-electron chi connectivity index (χ2n) is 6.01. The van der Waals surface area contributed by atoms with E-state index in [2.05, 4.69) is 41.6 Å². The van der Waals surface area contributed by atoms with Gasteiger partial charge >= 0.3 is 0 Å². The molecule has 106 valence electrons. The van der Waals surface area contributed by atoms with Crippen LogP contribution in [0.3, 0.4) is 0 Å². The molecule has 1 unspecified atom stereocenters. The van der Waals surface area contributed by atoms with Crippen molar-refractivity contribution < 1.29 is 0 Å². The van der Waals surface area contributed by atoms with Crippen molar-refractivity contribution in [3.8, 4) is 0 Å². The van der Waals surface area contributed by atoms with Gasteiger partial charge in [-0.05, 0) is 42.8 Å². The quantitative estimate of drug-likeness (QED) is 0.865. The first-order valence-electron chi connectivity index (χ1n) is 7.88. The summed E-state index contributed by atoms with van der Waals surface area (Å²) in [5, 5.41) is 6.09. The van der Waals surface area contributed by atoms with Crippen LogP contribution in [0.2, 0.25) is 0 Å². The molecule has 0 radical (unpaired) electrons. The van der Waals surface area contributed by atoms with E-state index >= 15 is 0 Å². The Labute approximate surface area is 121 Å². The molecule has 20 heavy (non-hydrogen) atoms. The van der Waals surface area contributed by atoms with Gasteiger partial charge < -0.3 is 5.32 Å². The number of hydrogen-bond acceptors (Lipinski definition) is 2. The minimum absolute atomic E-state index is 0.448. The second kappa shape index (κ2) is 6.36. The SMILES string of the molecule is CNC(CCC1CCCC1)c1cccc2ccncc12. The lowest BCUT2D eigenvalue weighted by Crippen LogP contribution is -2.17. The molecule has 3 rings (SSSR count). The Bertz CT molecular complexity index is 553. The van der Waals surface area contributed by atoms with E-state index in [4.69, 9.17) is 0 Å². The summed E-state index contributed by atoms with van der Waals surface area (Å²) in [5.74, 6) is 0.957. The highest BCUT2D eigenvalue weighted by Gasteiger charge is 2.18. The number of nitrogens with zero attached hydrogens (tertiary/aromatic N) is 1. The van der Waals surface area contributed by atoms with E-state index in [0.29, 0.717) is 6.04 Å². The Morgan fingerprint density at radius 2 is 2.10 bits per heavy atom. The van der Waals surface area contributed by atoms with Crippen LogP contribution in [-0.4, -0.2) is 12.0 Å². The topological polar surface area (TPSA) is 24.9 Å². The van der Waals surface area contributed by atoms with E-state index in [1.807, 2.05) is 12.4 Å². The fourth-order valence-electron chi connectivity index (χ4n) is 3.60. The first kappa shape index (κ1) is 13.6. The highest BCUT2D eigenvalue weighted by Crippen LogP contribution is 2.33. The standard InChI is InChI=1S/C18H24N2/c1-19-18(10-9-14-5-2-3-6-14)16-8-4-7-15-11-12-20-13-17(15)16/h4,7-8,11-14,18-19H,2-3,5-6,9-10H2,1H3. The fraction of sp³-hybridized carbons (Fsp3) is 0.500. The van der Waals surface area contributed by atoms with Crippen molar-refractivity contribution in [1.29, 1.82) is 0 Å². The van der Waals surface area contributed by atoms with Crippen molar-refractivity contribution >= 4 is 10.8 Å². The van der Waals surface area contributed by atoms with Gasteiger partial charge in [0.05, 0.1) is 0 Å². The molecular weight excluding hydrogens is 244 g/mol. The summed E-state index contributed by atoms with van der Waals surface area (Å²) in [6, 6.07) is 9.13. The predicted octanol–water partition coefficient (Wildman–Crippen LogP) is 4.47. The van der Waals surface area contributed by atoms with Gasteiger partial charge in [-0.2, -0.15) is 0 Å². The van der Waals surface area contributed by atoms with Crippen molar-refractivity contribution in [1.82, 2.24) is 10.3 Å². The number of benzene rings is 1. The van der Waals surface area contributed by atoms with E-state index in [9.17, 15) is 0 Å². The van der Waals surface area contributed by atoms with E-state index < -0.39 is 0 Å². The zero-order valence-electron chi connectivity index (χ0n) is 12.3. The molecule has 1 heterocycles. The van der Waals surface area contributed by atoms with Crippen LogP contribution >= 0.6 is 0 Å². The molecule has 0 amide bonds. The number of rotatable bonds is 5. The molecule has 2 aromatic rings. The summed E-state index contributed by atoms with van der Waals surface area (Å²) < 4.78 is 0. The molecular formula is C18H24N2. The molecule has 1 aliphatic rings. The summed E-state index contributed by atoms with van der Waals surface area (Å²) in [6.45, 7) is 0. The average Bonchev–Trinajstić information content (AvgIpc) is 3.01. The first-order valence-corrected chi connectivity index (χ1v) is 7.88. The van der Waals surface area contributed by atoms with Gasteiger partial charge in [-0.1, -0.05) is 43.9 Å². The van der Waals surface area contributed by atoms with Gasteiger partial charge in [-0.3, -0.25) is 4.98 Å². The van der Waals surface area contributed by atoms with Crippen LogP contribution in [0.5, 0.6) is 0 Å². The highest BCUT2D eigenvalue weighted by molar-refractivity contribution is 5.85. The summed E-state index contributed by atoms with van der Waals surface area (Å²) in [7, 11) is 2.08. The normalized spacial score (nSPS) is 17.6. The van der Waals surface area contributed by atoms with Crippen LogP contribution in [-0.2, 0) is 0 Å². The van der Waals surface area contributed by atoms with Crippen molar-refractivity contribution in [2.45, 2.75) is 44.6 Å². The summed E-state index contributed by atoms with van der Waals surface area (Å²) in [4.78, 5) is 4.30. The van der Waals surface area contributed by atoms with Gasteiger partial charge in [0, 0.05) is 23.8 Å². The maximum absolute atomic E-state index is 4.30. The van der Waals surface area contributed by atoms with Crippen LogP contribution in [0.4, 0.5) is 0 Å². The lowest BCUT2D eigenvalue weighted by molar-refractivity contribution is 0.428. The van der Waals surface area contributed by atoms with Gasteiger partial charge in [0.15, 0.2) is 0 Å². The molecule has 1 N–H and O–H groups in total. The van der Waals surface area contributed by atoms with Gasteiger partial charge in [-0.25, -0.2) is 0 Å². The third kappa shape index (κ3) is 2.85. The molecule has 1 fully saturated rings. The molecule has 0 aliphatic heterocycles. The molecule has 0 spiro atoms. The van der Waals surface area contributed by atoms with Crippen LogP contribution in [0.25, 0.3) is 10.8 Å². The third-order valence-electron chi connectivity index (χ3n) is 4.78. The highest BCUT2D eigenvalue weighted by atomic mass is 14.9. The largest absolute Gasteiger partial charge is 0.313 e. The summed E-state index contributed by atoms with van der Waals surface area (Å²) >= 11 is 0. The maximum atomic E-state index is 4.30. The number of aromatic nitrogens is 1. The molecule has 2 nitrogen and oxygen atoms in total. The third-order valence-corrected chi connectivity index (χ3v) is 4.78. The average molecular weight is 268 g/mol. The van der Waals surface area contributed by atoms with E-state index in [1.165, 1.54) is 54.9 Å². The Hall–Kier alpha value is -1.41. The van der Waals surface area contributed by atoms with Crippen molar-refractivity contribution in [2.24, 2.45) is 5.92 Å². The lowest BCUT2D eigenvalue weighted by atomic mass is 9.92. The number of hydrogen-bond donors (Lipinski definition) is 1. The molecule has 1 aliphatic carbocycles. The van der Waals surface area contributed by atoms with Crippen LogP contribution < -0.4 is 5.32 Å². The maximum Gasteiger partial charge on any atom is 0.0349 e. The minimum atomic E-state index is 0.448. The molecule has 0 bridgehead atoms. The zero-order valence-corrected chi connectivity index (χ0v) is 12.3. The number of fused-ring (bicyclic) bond motifs is 1. The molecule has 1 saturated carbocycles. The Balaban J connectivity index is 1.79. The van der Waals surface area contributed by atoms with E-state index in [0.717, 1.165) is 5.92 Å². The Kier molecular flexibility index (Phi) is 4.31. The lowest BCUT2D eigenvalue weighted by Gasteiger charge is -2.20. The van der Waals surface area contributed by atoms with Crippen LogP contribution in [0.1, 0.15) is 50.1 Å². The van der Waals surface area contributed by atoms with Crippen LogP contribution in [0.15, 0.2) is 36.7 Å². The fourth-order valence-corrected chi connectivity index (χ4v) is 3.60. The molecule has 1 atom stereocenters. The number of nitrogens with one attached hydrogen (secondary N) is 1. The first-order chi connectivity index (χ1) is 9.88. The second-order valence-corrected chi connectivity index (χ2v) is 6.01. The molecule has 1 aromatic heterocycles. The predicted molar refractivity (Wildman–Crippen MR) is 84.7 cm³/mol. The Morgan fingerprint density at radius 3 is 2.90 bits per heavy atom. The summed E-state index contributed by atoms with van der Waals surface area (Å²) in [6.07, 6.45) is 12.2. The van der Waals surface area contributed by atoms with Crippen molar-refractivity contribution in [2.75, 3.05) is 7.05 Å². The van der Waals surface area contributed by atoms with Crippen LogP contribution in [0, 0.1) is 5.92 Å².